The average Bonchev–Trinajstić information content (AvgIpc) is 2.72. The van der Waals surface area contributed by atoms with Crippen molar-refractivity contribution in [3.63, 3.8) is 0 Å². The van der Waals surface area contributed by atoms with Crippen molar-refractivity contribution in [2.24, 2.45) is 10.7 Å². The van der Waals surface area contributed by atoms with Crippen LogP contribution < -0.4 is 11.1 Å². The third-order valence-electron chi connectivity index (χ3n) is 2.33. The lowest BCUT2D eigenvalue weighted by Crippen LogP contribution is -2.19. The van der Waals surface area contributed by atoms with Crippen LogP contribution in [0.1, 0.15) is 11.1 Å². The van der Waals surface area contributed by atoms with Crippen LogP contribution in [0.3, 0.4) is 0 Å². The first-order valence-corrected chi connectivity index (χ1v) is 4.98. The van der Waals surface area contributed by atoms with Gasteiger partial charge in [0.15, 0.2) is 0 Å². The van der Waals surface area contributed by atoms with Gasteiger partial charge in [-0.1, -0.05) is 24.3 Å². The van der Waals surface area contributed by atoms with Gasteiger partial charge < -0.3 is 11.1 Å². The first-order valence-electron chi connectivity index (χ1n) is 4.98. The minimum Gasteiger partial charge on any atom is -0.368 e. The third kappa shape index (κ3) is 2.94. The lowest BCUT2D eigenvalue weighted by atomic mass is 10.1. The Hall–Kier alpha value is -1.06. The van der Waals surface area contributed by atoms with Gasteiger partial charge >= 0.3 is 0 Å². The minimum absolute atomic E-state index is 0. The Morgan fingerprint density at radius 1 is 1.27 bits per heavy atom. The molecular weight excluding hydrogens is 210 g/mol. The van der Waals surface area contributed by atoms with Gasteiger partial charge in [0.1, 0.15) is 5.84 Å². The molecule has 0 fully saturated rings. The summed E-state index contributed by atoms with van der Waals surface area (Å²) in [6.45, 7) is 2.55. The molecule has 3 N–H and O–H groups in total. The van der Waals surface area contributed by atoms with Crippen LogP contribution in [-0.2, 0) is 6.42 Å². The Kier molecular flexibility index (Phi) is 4.59. The minimum atomic E-state index is 0. The maximum atomic E-state index is 5.48. The highest BCUT2D eigenvalue weighted by Gasteiger charge is 2.06. The number of benzene rings is 1. The van der Waals surface area contributed by atoms with Gasteiger partial charge in [-0.2, -0.15) is 0 Å². The van der Waals surface area contributed by atoms with Crippen LogP contribution >= 0.6 is 12.4 Å². The number of aliphatic imine (C=N–C) groups is 1. The molecule has 0 saturated heterocycles. The molecule has 0 aliphatic carbocycles. The van der Waals surface area contributed by atoms with E-state index in [-0.39, 0.29) is 12.4 Å². The number of rotatable bonds is 3. The van der Waals surface area contributed by atoms with E-state index in [1.54, 1.807) is 0 Å². The quantitative estimate of drug-likeness (QED) is 0.805. The zero-order chi connectivity index (χ0) is 9.80. The molecule has 1 aromatic rings. The third-order valence-corrected chi connectivity index (χ3v) is 2.33. The second-order valence-corrected chi connectivity index (χ2v) is 3.39. The molecule has 0 atom stereocenters. The molecule has 1 aromatic carbocycles. The summed E-state index contributed by atoms with van der Waals surface area (Å²) < 4.78 is 0. The van der Waals surface area contributed by atoms with Crippen molar-refractivity contribution < 1.29 is 0 Å². The van der Waals surface area contributed by atoms with Crippen molar-refractivity contribution in [3.8, 4) is 0 Å². The molecule has 1 aliphatic rings. The predicted molar refractivity (Wildman–Crippen MR) is 65.9 cm³/mol. The summed E-state index contributed by atoms with van der Waals surface area (Å²) in [6.07, 6.45) is 0.945. The maximum absolute atomic E-state index is 5.48. The predicted octanol–water partition coefficient (Wildman–Crippen LogP) is 0.959. The number of nitrogens with one attached hydrogen (secondary N) is 1. The van der Waals surface area contributed by atoms with E-state index in [2.05, 4.69) is 34.6 Å². The Morgan fingerprint density at radius 2 is 2.00 bits per heavy atom. The number of hydrogen-bond donors (Lipinski definition) is 2. The van der Waals surface area contributed by atoms with E-state index in [1.165, 1.54) is 11.1 Å². The lowest BCUT2D eigenvalue weighted by Gasteiger charge is -2.03. The Labute approximate surface area is 96.2 Å². The second kappa shape index (κ2) is 5.73. The van der Waals surface area contributed by atoms with Crippen LogP contribution in [0, 0.1) is 0 Å². The Bertz CT molecular complexity index is 332. The van der Waals surface area contributed by atoms with Crippen LogP contribution in [0.15, 0.2) is 29.3 Å². The molecule has 1 heterocycles. The Morgan fingerprint density at radius 3 is 2.53 bits per heavy atom. The first kappa shape index (κ1) is 12.0. The zero-order valence-corrected chi connectivity index (χ0v) is 9.39. The molecule has 3 nitrogen and oxygen atoms in total. The molecule has 0 unspecified atom stereocenters. The first-order chi connectivity index (χ1) is 6.90. The molecule has 0 radical (unpaired) electrons. The molecule has 4 heteroatoms. The molecule has 0 amide bonds. The molecular formula is C11H16ClN3. The fraction of sp³-hybridized carbons (Fsp3) is 0.364. The largest absolute Gasteiger partial charge is 0.368 e. The topological polar surface area (TPSA) is 50.4 Å². The highest BCUT2D eigenvalue weighted by molar-refractivity contribution is 5.99. The fourth-order valence-electron chi connectivity index (χ4n) is 1.59. The van der Waals surface area contributed by atoms with E-state index in [4.69, 9.17) is 5.73 Å². The van der Waals surface area contributed by atoms with Gasteiger partial charge in [0.2, 0.25) is 0 Å². The van der Waals surface area contributed by atoms with Crippen molar-refractivity contribution >= 4 is 18.2 Å². The molecule has 15 heavy (non-hydrogen) atoms. The van der Waals surface area contributed by atoms with E-state index >= 15 is 0 Å². The summed E-state index contributed by atoms with van der Waals surface area (Å²) in [6, 6.07) is 8.43. The van der Waals surface area contributed by atoms with Crippen LogP contribution in [-0.4, -0.2) is 25.5 Å². The van der Waals surface area contributed by atoms with Gasteiger partial charge in [-0.15, -0.1) is 12.4 Å². The van der Waals surface area contributed by atoms with Crippen molar-refractivity contribution in [1.29, 1.82) is 0 Å². The van der Waals surface area contributed by atoms with Gasteiger partial charge in [-0.25, -0.2) is 0 Å². The van der Waals surface area contributed by atoms with Crippen molar-refractivity contribution in [3.05, 3.63) is 35.4 Å². The highest BCUT2D eigenvalue weighted by atomic mass is 35.5. The second-order valence-electron chi connectivity index (χ2n) is 3.39. The Balaban J connectivity index is 0.00000112. The van der Waals surface area contributed by atoms with Crippen molar-refractivity contribution in [1.82, 2.24) is 5.32 Å². The van der Waals surface area contributed by atoms with Crippen LogP contribution in [0.25, 0.3) is 0 Å². The molecule has 0 aromatic heterocycles. The molecule has 0 bridgehead atoms. The van der Waals surface area contributed by atoms with Gasteiger partial charge in [0, 0.05) is 12.1 Å². The van der Waals surface area contributed by atoms with Gasteiger partial charge in [-0.05, 0) is 18.5 Å². The summed E-state index contributed by atoms with van der Waals surface area (Å²) in [4.78, 5) is 4.36. The fourth-order valence-corrected chi connectivity index (χ4v) is 1.59. The van der Waals surface area contributed by atoms with E-state index in [9.17, 15) is 0 Å². The summed E-state index contributed by atoms with van der Waals surface area (Å²) in [5, 5.41) is 3.25. The molecule has 2 rings (SSSR count). The van der Waals surface area contributed by atoms with E-state index in [0.29, 0.717) is 6.54 Å². The monoisotopic (exact) mass is 225 g/mol. The number of amidine groups is 1. The van der Waals surface area contributed by atoms with Crippen molar-refractivity contribution in [2.45, 2.75) is 6.42 Å². The molecule has 82 valence electrons. The van der Waals surface area contributed by atoms with E-state index in [0.717, 1.165) is 25.3 Å². The normalized spacial score (nSPS) is 14.1. The number of hydrogen-bond acceptors (Lipinski definition) is 3. The van der Waals surface area contributed by atoms with Crippen LogP contribution in [0.2, 0.25) is 0 Å². The maximum Gasteiger partial charge on any atom is 0.128 e. The molecule has 0 spiro atoms. The molecule has 0 saturated carbocycles. The summed E-state index contributed by atoms with van der Waals surface area (Å²) in [5.41, 5.74) is 7.94. The zero-order valence-electron chi connectivity index (χ0n) is 8.57. The SMILES string of the molecule is Cl.NCCc1ccc(C2=NCCN2)cc1. The standard InChI is InChI=1S/C11H15N3.ClH/c12-6-5-9-1-3-10(4-2-9)11-13-7-8-14-11;/h1-4H,5-8,12H2,(H,13,14);1H. The number of nitrogens with two attached hydrogens (primary N) is 1. The number of nitrogens with zero attached hydrogens (tertiary/aromatic N) is 1. The summed E-state index contributed by atoms with van der Waals surface area (Å²) in [7, 11) is 0. The van der Waals surface area contributed by atoms with Crippen LogP contribution in [0.5, 0.6) is 0 Å². The summed E-state index contributed by atoms with van der Waals surface area (Å²) in [5.74, 6) is 1.02. The van der Waals surface area contributed by atoms with Gasteiger partial charge in [0.05, 0.1) is 6.54 Å². The van der Waals surface area contributed by atoms with E-state index < -0.39 is 0 Å². The highest BCUT2D eigenvalue weighted by Crippen LogP contribution is 2.06. The smallest absolute Gasteiger partial charge is 0.128 e. The summed E-state index contributed by atoms with van der Waals surface area (Å²) >= 11 is 0. The van der Waals surface area contributed by atoms with Gasteiger partial charge in [0.25, 0.3) is 0 Å². The van der Waals surface area contributed by atoms with E-state index in [1.807, 2.05) is 0 Å². The average molecular weight is 226 g/mol. The van der Waals surface area contributed by atoms with Crippen LogP contribution in [0.4, 0.5) is 0 Å². The number of halogens is 1. The lowest BCUT2D eigenvalue weighted by molar-refractivity contribution is 0.959. The van der Waals surface area contributed by atoms with Gasteiger partial charge in [-0.3, -0.25) is 4.99 Å². The van der Waals surface area contributed by atoms with Crippen molar-refractivity contribution in [2.75, 3.05) is 19.6 Å². The molecule has 1 aliphatic heterocycles.